The molecule has 0 aromatic heterocycles. The number of unbranched alkanes of at least 4 members (excludes halogenated alkanes) is 23. The van der Waals surface area contributed by atoms with Gasteiger partial charge in [-0.05, 0) is 70.6 Å². The Kier molecular flexibility index (Phi) is 40.1. The van der Waals surface area contributed by atoms with Gasteiger partial charge < -0.3 is 45.1 Å². The molecule has 0 radical (unpaired) electrons. The Morgan fingerprint density at radius 3 is 1.71 bits per heavy atom. The van der Waals surface area contributed by atoms with Crippen molar-refractivity contribution in [2.45, 2.75) is 269 Å². The molecule has 6 N–H and O–H groups in total. The lowest BCUT2D eigenvalue weighted by atomic mass is 9.99. The van der Waals surface area contributed by atoms with Crippen LogP contribution in [0.3, 0.4) is 0 Å². The Balaban J connectivity index is 2.79. The summed E-state index contributed by atoms with van der Waals surface area (Å²) >= 11 is 0. The summed E-state index contributed by atoms with van der Waals surface area (Å²) in [5.41, 5.74) is 0. The second kappa shape index (κ2) is 42.9. The van der Waals surface area contributed by atoms with Gasteiger partial charge >= 0.3 is 5.97 Å². The summed E-state index contributed by atoms with van der Waals surface area (Å²) in [5.74, 6) is -1.22. The molecular weight excluding hydrogens is 823 g/mol. The van der Waals surface area contributed by atoms with Crippen molar-refractivity contribution in [1.82, 2.24) is 5.32 Å². The third-order valence-corrected chi connectivity index (χ3v) is 12.2. The molecule has 1 fully saturated rings. The number of hydrogen-bond acceptors (Lipinski definition) is 10. The third-order valence-electron chi connectivity index (χ3n) is 12.2. The predicted molar refractivity (Wildman–Crippen MR) is 264 cm³/mol. The second-order valence-electron chi connectivity index (χ2n) is 18.2. The van der Waals surface area contributed by atoms with Crippen molar-refractivity contribution in [3.05, 3.63) is 48.6 Å². The number of ether oxygens (including phenoxy) is 3. The maximum Gasteiger partial charge on any atom is 0.306 e. The van der Waals surface area contributed by atoms with E-state index in [1.54, 1.807) is 6.08 Å². The smallest absolute Gasteiger partial charge is 0.306 e. The Hall–Kier alpha value is -2.38. The molecule has 0 aliphatic carbocycles. The van der Waals surface area contributed by atoms with Crippen LogP contribution in [0.2, 0.25) is 0 Å². The summed E-state index contributed by atoms with van der Waals surface area (Å²) < 4.78 is 17.5. The zero-order valence-electron chi connectivity index (χ0n) is 41.3. The minimum Gasteiger partial charge on any atom is -0.454 e. The number of aliphatic hydroxyl groups excluding tert-OH is 5. The lowest BCUT2D eigenvalue weighted by Crippen LogP contribution is -2.61. The number of hydrogen-bond donors (Lipinski definition) is 6. The largest absolute Gasteiger partial charge is 0.454 e. The number of allylic oxidation sites excluding steroid dienone is 7. The number of nitrogens with one attached hydrogen (secondary N) is 1. The van der Waals surface area contributed by atoms with E-state index in [1.807, 2.05) is 6.08 Å². The van der Waals surface area contributed by atoms with Crippen LogP contribution in [-0.2, 0) is 23.8 Å². The molecular formula is C54H97NO10. The minimum absolute atomic E-state index is 0.112. The van der Waals surface area contributed by atoms with Gasteiger partial charge in [0.15, 0.2) is 12.4 Å². The van der Waals surface area contributed by atoms with E-state index in [4.69, 9.17) is 14.2 Å². The van der Waals surface area contributed by atoms with Gasteiger partial charge in [0.1, 0.15) is 24.4 Å². The van der Waals surface area contributed by atoms with E-state index in [9.17, 15) is 35.1 Å². The van der Waals surface area contributed by atoms with E-state index in [1.165, 1.54) is 64.2 Å². The SMILES string of the molecule is CC/C=C/C/C=C/CCCCCCCCC(O)C(=O)NC(COC1OC(CO)C(O)C(O)C1OC(=O)CCCCCCC/C=C\CCCC)C(O)/C=C/CCCCCCCCCCCC. The van der Waals surface area contributed by atoms with E-state index in [0.717, 1.165) is 109 Å². The first-order chi connectivity index (χ1) is 31.7. The summed E-state index contributed by atoms with van der Waals surface area (Å²) in [4.78, 5) is 26.3. The van der Waals surface area contributed by atoms with E-state index in [0.29, 0.717) is 12.8 Å². The van der Waals surface area contributed by atoms with Crippen molar-refractivity contribution in [2.75, 3.05) is 13.2 Å². The van der Waals surface area contributed by atoms with Gasteiger partial charge in [-0.3, -0.25) is 9.59 Å². The fraction of sp³-hybridized carbons (Fsp3) is 0.815. The molecule has 0 bridgehead atoms. The molecule has 11 nitrogen and oxygen atoms in total. The highest BCUT2D eigenvalue weighted by atomic mass is 16.7. The summed E-state index contributed by atoms with van der Waals surface area (Å²) in [6.45, 7) is 5.59. The molecule has 1 rings (SSSR count). The average molecular weight is 920 g/mol. The van der Waals surface area contributed by atoms with Gasteiger partial charge in [0.2, 0.25) is 5.91 Å². The maximum absolute atomic E-state index is 13.3. The lowest BCUT2D eigenvalue weighted by Gasteiger charge is -2.41. The Labute approximate surface area is 396 Å². The summed E-state index contributed by atoms with van der Waals surface area (Å²) in [7, 11) is 0. The van der Waals surface area contributed by atoms with Crippen LogP contribution in [0.25, 0.3) is 0 Å². The molecule has 65 heavy (non-hydrogen) atoms. The molecule has 0 aromatic carbocycles. The first kappa shape index (κ1) is 60.6. The predicted octanol–water partition coefficient (Wildman–Crippen LogP) is 10.9. The Morgan fingerprint density at radius 2 is 1.12 bits per heavy atom. The van der Waals surface area contributed by atoms with Gasteiger partial charge in [-0.15, -0.1) is 0 Å². The first-order valence-corrected chi connectivity index (χ1v) is 26.4. The van der Waals surface area contributed by atoms with E-state index in [2.05, 4.69) is 62.5 Å². The standard InChI is InChI=1S/C54H97NO10/c1-4-7-10-13-16-19-22-24-27-29-32-35-38-41-47(58)53(62)55-45(46(57)40-37-34-31-28-26-23-20-17-14-11-8-5-2)44-63-54-52(51(61)50(60)48(43-56)64-54)65-49(59)42-39-36-33-30-25-21-18-15-12-9-6-3/h7,10,15-16,18-19,37,40,45-48,50-52,54,56-58,60-61H,4-6,8-9,11-14,17,20-36,38-39,41-44H2,1-3H3,(H,55,62)/b10-7+,18-15-,19-16+,40-37+. The normalized spacial score (nSPS) is 20.6. The van der Waals surface area contributed by atoms with Gasteiger partial charge in [-0.2, -0.15) is 0 Å². The lowest BCUT2D eigenvalue weighted by molar-refractivity contribution is -0.305. The van der Waals surface area contributed by atoms with Gasteiger partial charge in [-0.1, -0.05) is 191 Å². The van der Waals surface area contributed by atoms with Crippen molar-refractivity contribution in [1.29, 1.82) is 0 Å². The maximum atomic E-state index is 13.3. The number of esters is 1. The van der Waals surface area contributed by atoms with Crippen LogP contribution in [0.1, 0.15) is 220 Å². The highest BCUT2D eigenvalue weighted by Gasteiger charge is 2.47. The highest BCUT2D eigenvalue weighted by molar-refractivity contribution is 5.80. The number of aliphatic hydroxyl groups is 5. The van der Waals surface area contributed by atoms with Crippen LogP contribution < -0.4 is 5.32 Å². The highest BCUT2D eigenvalue weighted by Crippen LogP contribution is 2.26. The summed E-state index contributed by atoms with van der Waals surface area (Å²) in [5, 5.41) is 56.6. The molecule has 378 valence electrons. The van der Waals surface area contributed by atoms with Gasteiger partial charge in [0, 0.05) is 6.42 Å². The van der Waals surface area contributed by atoms with E-state index >= 15 is 0 Å². The van der Waals surface area contributed by atoms with Crippen LogP contribution in [0.5, 0.6) is 0 Å². The quantitative estimate of drug-likeness (QED) is 0.0196. The molecule has 8 atom stereocenters. The van der Waals surface area contributed by atoms with E-state index in [-0.39, 0.29) is 19.4 Å². The average Bonchev–Trinajstić information content (AvgIpc) is 3.30. The molecule has 1 saturated heterocycles. The monoisotopic (exact) mass is 920 g/mol. The molecule has 1 aliphatic rings. The fourth-order valence-corrected chi connectivity index (χ4v) is 7.96. The van der Waals surface area contributed by atoms with Crippen LogP contribution in [-0.4, -0.2) is 99.6 Å². The molecule has 11 heteroatoms. The Morgan fingerprint density at radius 1 is 0.615 bits per heavy atom. The molecule has 1 amide bonds. The molecule has 8 unspecified atom stereocenters. The molecule has 1 heterocycles. The van der Waals surface area contributed by atoms with Gasteiger partial charge in [0.25, 0.3) is 0 Å². The van der Waals surface area contributed by atoms with Crippen molar-refractivity contribution in [2.24, 2.45) is 0 Å². The molecule has 0 saturated carbocycles. The van der Waals surface area contributed by atoms with Gasteiger partial charge in [-0.25, -0.2) is 0 Å². The summed E-state index contributed by atoms with van der Waals surface area (Å²) in [6, 6.07) is -1.03. The minimum atomic E-state index is -1.62. The fourth-order valence-electron chi connectivity index (χ4n) is 7.96. The zero-order valence-corrected chi connectivity index (χ0v) is 41.3. The van der Waals surface area contributed by atoms with Crippen LogP contribution >= 0.6 is 0 Å². The van der Waals surface area contributed by atoms with Crippen LogP contribution in [0, 0.1) is 0 Å². The Bertz CT molecular complexity index is 1240. The van der Waals surface area contributed by atoms with Crippen molar-refractivity contribution >= 4 is 11.9 Å². The van der Waals surface area contributed by atoms with Crippen molar-refractivity contribution in [3.63, 3.8) is 0 Å². The van der Waals surface area contributed by atoms with Crippen LogP contribution in [0.4, 0.5) is 0 Å². The zero-order chi connectivity index (χ0) is 47.6. The van der Waals surface area contributed by atoms with Crippen LogP contribution in [0.15, 0.2) is 48.6 Å². The van der Waals surface area contributed by atoms with Gasteiger partial charge in [0.05, 0.1) is 25.4 Å². The number of carbonyl (C=O) groups excluding carboxylic acids is 2. The number of rotatable bonds is 43. The molecule has 0 spiro atoms. The topological polar surface area (TPSA) is 175 Å². The van der Waals surface area contributed by atoms with Crippen molar-refractivity contribution < 1.29 is 49.3 Å². The molecule has 1 aliphatic heterocycles. The summed E-state index contributed by atoms with van der Waals surface area (Å²) in [6.07, 6.45) is 38.8. The first-order valence-electron chi connectivity index (χ1n) is 26.4. The number of carbonyl (C=O) groups is 2. The van der Waals surface area contributed by atoms with E-state index < -0.39 is 67.4 Å². The second-order valence-corrected chi connectivity index (χ2v) is 18.2. The third kappa shape index (κ3) is 32.1. The van der Waals surface area contributed by atoms with Crippen molar-refractivity contribution in [3.8, 4) is 0 Å². The molecule has 0 aromatic rings. The number of amides is 1.